The molecule has 0 spiro atoms. The van der Waals surface area contributed by atoms with Crippen LogP contribution in [0.5, 0.6) is 5.75 Å². The summed E-state index contributed by atoms with van der Waals surface area (Å²) in [5, 5.41) is 0. The van der Waals surface area contributed by atoms with Crippen LogP contribution >= 0.6 is 0 Å². The molecule has 1 aliphatic carbocycles. The Kier molecular flexibility index (Phi) is 4.59. The van der Waals surface area contributed by atoms with Crippen LogP contribution in [-0.4, -0.2) is 6.10 Å². The Balaban J connectivity index is 1.70. The molecule has 3 rings (SSSR count). The van der Waals surface area contributed by atoms with Crippen molar-refractivity contribution in [3.63, 3.8) is 0 Å². The summed E-state index contributed by atoms with van der Waals surface area (Å²) in [4.78, 5) is 0. The van der Waals surface area contributed by atoms with E-state index >= 15 is 0 Å². The zero-order valence-corrected chi connectivity index (χ0v) is 12.8. The van der Waals surface area contributed by atoms with Gasteiger partial charge in [-0.25, -0.2) is 0 Å². The normalized spacial score (nSPS) is 14.7. The van der Waals surface area contributed by atoms with Crippen LogP contribution < -0.4 is 4.74 Å². The lowest BCUT2D eigenvalue weighted by Crippen LogP contribution is -2.24. The number of rotatable bonds is 6. The van der Waals surface area contributed by atoms with Crippen molar-refractivity contribution in [3.05, 3.63) is 54.1 Å². The van der Waals surface area contributed by atoms with E-state index in [1.165, 1.54) is 48.8 Å². The van der Waals surface area contributed by atoms with Crippen molar-refractivity contribution in [2.45, 2.75) is 51.6 Å². The summed E-state index contributed by atoms with van der Waals surface area (Å²) in [7, 11) is 0. The second-order valence-corrected chi connectivity index (χ2v) is 5.91. The Morgan fingerprint density at radius 3 is 2.62 bits per heavy atom. The molecule has 0 saturated heterocycles. The van der Waals surface area contributed by atoms with E-state index in [-0.39, 0.29) is 0 Å². The summed E-state index contributed by atoms with van der Waals surface area (Å²) in [6.07, 6.45) is 7.80. The second kappa shape index (κ2) is 6.80. The van der Waals surface area contributed by atoms with Gasteiger partial charge in [-0.15, -0.1) is 0 Å². The summed E-state index contributed by atoms with van der Waals surface area (Å²) < 4.78 is 5.91. The number of aryl methyl sites for hydroxylation is 1. The minimum atomic E-state index is 0.444. The molecular weight excluding hydrogens is 256 g/mol. The van der Waals surface area contributed by atoms with E-state index in [0.29, 0.717) is 6.10 Å². The Morgan fingerprint density at radius 1 is 1.14 bits per heavy atom. The predicted molar refractivity (Wildman–Crippen MR) is 87.6 cm³/mol. The van der Waals surface area contributed by atoms with Gasteiger partial charge in [-0.2, -0.15) is 0 Å². The van der Waals surface area contributed by atoms with E-state index in [0.717, 1.165) is 12.2 Å². The molecule has 0 unspecified atom stereocenters. The maximum Gasteiger partial charge on any atom is 0.119 e. The van der Waals surface area contributed by atoms with Gasteiger partial charge in [0.15, 0.2) is 0 Å². The minimum absolute atomic E-state index is 0.444. The zero-order valence-electron chi connectivity index (χ0n) is 12.8. The van der Waals surface area contributed by atoms with E-state index < -0.39 is 0 Å². The summed E-state index contributed by atoms with van der Waals surface area (Å²) in [6.45, 7) is 2.23. The first-order valence-electron chi connectivity index (χ1n) is 8.13. The molecule has 0 heterocycles. The average molecular weight is 279 g/mol. The molecule has 2 aromatic rings. The van der Waals surface area contributed by atoms with Crippen molar-refractivity contribution in [3.8, 4) is 16.9 Å². The summed E-state index contributed by atoms with van der Waals surface area (Å²) in [5.74, 6) is 0.991. The second-order valence-electron chi connectivity index (χ2n) is 5.91. The number of benzene rings is 2. The average Bonchev–Trinajstić information content (AvgIpc) is 2.50. The van der Waals surface area contributed by atoms with Gasteiger partial charge >= 0.3 is 0 Å². The Labute approximate surface area is 128 Å². The van der Waals surface area contributed by atoms with E-state index in [4.69, 9.17) is 4.74 Å². The van der Waals surface area contributed by atoms with Crippen molar-refractivity contribution >= 4 is 0 Å². The van der Waals surface area contributed by atoms with Crippen LogP contribution in [0.25, 0.3) is 11.1 Å². The van der Waals surface area contributed by atoms with Crippen LogP contribution in [-0.2, 0) is 6.42 Å². The molecule has 1 nitrogen and oxygen atoms in total. The van der Waals surface area contributed by atoms with Crippen LogP contribution in [0.4, 0.5) is 0 Å². The molecule has 1 aliphatic rings. The molecule has 0 bridgehead atoms. The fourth-order valence-corrected chi connectivity index (χ4v) is 2.61. The molecular formula is C20H23O. The highest BCUT2D eigenvalue weighted by Gasteiger charge is 2.18. The number of hydrogen-bond acceptors (Lipinski definition) is 1. The first-order valence-corrected chi connectivity index (χ1v) is 8.13. The maximum absolute atomic E-state index is 5.91. The molecule has 0 amide bonds. The molecule has 1 heteroatoms. The Bertz CT molecular complexity index is 567. The minimum Gasteiger partial charge on any atom is -0.490 e. The Hall–Kier alpha value is -1.76. The zero-order chi connectivity index (χ0) is 14.5. The first kappa shape index (κ1) is 14.2. The standard InChI is InChI=1S/C20H23O/c1-2-3-6-16-7-4-8-18(15-16)17-11-13-20(14-12-17)21-19-9-5-10-19/h4,7,11-15,19H,2-3,5-6,9-10H2,1H3. The molecule has 0 aliphatic heterocycles. The van der Waals surface area contributed by atoms with Gasteiger partial charge in [0.2, 0.25) is 0 Å². The molecule has 1 fully saturated rings. The molecule has 2 aromatic carbocycles. The summed E-state index contributed by atoms with van der Waals surface area (Å²) in [6, 6.07) is 18.3. The maximum atomic E-state index is 5.91. The van der Waals surface area contributed by atoms with Gasteiger partial charge < -0.3 is 4.74 Å². The highest BCUT2D eigenvalue weighted by atomic mass is 16.5. The molecule has 0 aromatic heterocycles. The fourth-order valence-electron chi connectivity index (χ4n) is 2.61. The lowest BCUT2D eigenvalue weighted by atomic mass is 9.96. The molecule has 109 valence electrons. The topological polar surface area (TPSA) is 9.23 Å². The monoisotopic (exact) mass is 279 g/mol. The van der Waals surface area contributed by atoms with Gasteiger partial charge in [0.25, 0.3) is 0 Å². The van der Waals surface area contributed by atoms with Crippen LogP contribution in [0.15, 0.2) is 42.5 Å². The van der Waals surface area contributed by atoms with Crippen LogP contribution in [0.3, 0.4) is 0 Å². The largest absolute Gasteiger partial charge is 0.490 e. The van der Waals surface area contributed by atoms with E-state index in [1.54, 1.807) is 0 Å². The van der Waals surface area contributed by atoms with Gasteiger partial charge in [-0.3, -0.25) is 0 Å². The van der Waals surface area contributed by atoms with Crippen LogP contribution in [0.2, 0.25) is 0 Å². The first-order chi connectivity index (χ1) is 10.3. The molecule has 1 radical (unpaired) electrons. The van der Waals surface area contributed by atoms with E-state index in [9.17, 15) is 0 Å². The van der Waals surface area contributed by atoms with Crippen molar-refractivity contribution in [2.24, 2.45) is 0 Å². The predicted octanol–water partition coefficient (Wildman–Crippen LogP) is 5.43. The van der Waals surface area contributed by atoms with E-state index in [1.807, 2.05) is 6.07 Å². The van der Waals surface area contributed by atoms with Gasteiger partial charge in [0.1, 0.15) is 5.75 Å². The SMILES string of the molecule is CCCCc1cc[c]c(-c2ccc(OC3CCC3)cc2)c1. The third-order valence-electron chi connectivity index (χ3n) is 4.21. The van der Waals surface area contributed by atoms with Crippen molar-refractivity contribution < 1.29 is 4.74 Å². The third kappa shape index (κ3) is 3.66. The molecule has 0 atom stereocenters. The van der Waals surface area contributed by atoms with Gasteiger partial charge in [-0.05, 0) is 67.0 Å². The highest BCUT2D eigenvalue weighted by molar-refractivity contribution is 5.64. The summed E-state index contributed by atoms with van der Waals surface area (Å²) >= 11 is 0. The lowest BCUT2D eigenvalue weighted by molar-refractivity contribution is 0.120. The molecule has 1 saturated carbocycles. The molecule has 21 heavy (non-hydrogen) atoms. The Morgan fingerprint density at radius 2 is 1.95 bits per heavy atom. The van der Waals surface area contributed by atoms with Gasteiger partial charge in [-0.1, -0.05) is 43.7 Å². The number of ether oxygens (including phenoxy) is 1. The highest BCUT2D eigenvalue weighted by Crippen LogP contribution is 2.27. The van der Waals surface area contributed by atoms with E-state index in [2.05, 4.69) is 49.4 Å². The summed E-state index contributed by atoms with van der Waals surface area (Å²) in [5.41, 5.74) is 3.80. The smallest absolute Gasteiger partial charge is 0.119 e. The number of unbranched alkanes of at least 4 members (excludes halogenated alkanes) is 1. The van der Waals surface area contributed by atoms with Crippen LogP contribution in [0, 0.1) is 6.07 Å². The molecule has 0 N–H and O–H groups in total. The van der Waals surface area contributed by atoms with Crippen LogP contribution in [0.1, 0.15) is 44.6 Å². The quantitative estimate of drug-likeness (QED) is 0.685. The number of hydrogen-bond donors (Lipinski definition) is 0. The fraction of sp³-hybridized carbons (Fsp3) is 0.400. The van der Waals surface area contributed by atoms with Crippen molar-refractivity contribution in [2.75, 3.05) is 0 Å². The van der Waals surface area contributed by atoms with Crippen molar-refractivity contribution in [1.82, 2.24) is 0 Å². The van der Waals surface area contributed by atoms with Gasteiger partial charge in [0.05, 0.1) is 6.10 Å². The third-order valence-corrected chi connectivity index (χ3v) is 4.21. The lowest BCUT2D eigenvalue weighted by Gasteiger charge is -2.26. The van der Waals surface area contributed by atoms with Gasteiger partial charge in [0, 0.05) is 0 Å². The van der Waals surface area contributed by atoms with Crippen molar-refractivity contribution in [1.29, 1.82) is 0 Å².